The van der Waals surface area contributed by atoms with Gasteiger partial charge in [0, 0.05) is 13.3 Å². The first-order valence-electron chi connectivity index (χ1n) is 2.99. The number of thiazole rings is 1. The SMILES string of the molecule is COC(O)(O)c1cnc(C)s1. The summed E-state index contributed by atoms with van der Waals surface area (Å²) in [6.45, 7) is 1.78. The molecule has 0 bridgehead atoms. The summed E-state index contributed by atoms with van der Waals surface area (Å²) in [5, 5.41) is 19.0. The van der Waals surface area contributed by atoms with Gasteiger partial charge < -0.3 is 14.9 Å². The molecule has 62 valence electrons. The molecule has 0 saturated heterocycles. The molecule has 0 aromatic carbocycles. The molecular formula is C6H9NO3S. The van der Waals surface area contributed by atoms with Crippen molar-refractivity contribution < 1.29 is 14.9 Å². The first-order chi connectivity index (χ1) is 5.06. The number of methoxy groups -OCH3 is 1. The lowest BCUT2D eigenvalue weighted by molar-refractivity contribution is -0.336. The van der Waals surface area contributed by atoms with Gasteiger partial charge in [-0.25, -0.2) is 4.98 Å². The molecule has 1 aromatic rings. The normalized spacial score (nSPS) is 12.0. The average molecular weight is 175 g/mol. The average Bonchev–Trinajstić information content (AvgIpc) is 2.36. The number of aliphatic hydroxyl groups is 2. The predicted octanol–water partition coefficient (Wildman–Crippen LogP) is 0.193. The van der Waals surface area contributed by atoms with Crippen LogP contribution < -0.4 is 0 Å². The Labute approximate surface area is 68.1 Å². The minimum Gasteiger partial charge on any atom is -0.339 e. The van der Waals surface area contributed by atoms with Crippen LogP contribution in [-0.4, -0.2) is 22.3 Å². The summed E-state index contributed by atoms with van der Waals surface area (Å²) >= 11 is 1.18. The molecule has 0 aliphatic heterocycles. The molecule has 2 N–H and O–H groups in total. The molecular weight excluding hydrogens is 166 g/mol. The van der Waals surface area contributed by atoms with Crippen LogP contribution in [0.5, 0.6) is 0 Å². The van der Waals surface area contributed by atoms with Crippen molar-refractivity contribution >= 4 is 11.3 Å². The van der Waals surface area contributed by atoms with E-state index in [9.17, 15) is 0 Å². The van der Waals surface area contributed by atoms with E-state index >= 15 is 0 Å². The third-order valence-corrected chi connectivity index (χ3v) is 2.22. The number of aromatic nitrogens is 1. The highest BCUT2D eigenvalue weighted by atomic mass is 32.1. The van der Waals surface area contributed by atoms with Crippen molar-refractivity contribution in [2.75, 3.05) is 7.11 Å². The fraction of sp³-hybridized carbons (Fsp3) is 0.500. The smallest absolute Gasteiger partial charge is 0.318 e. The molecule has 1 rings (SSSR count). The molecule has 5 heteroatoms. The zero-order valence-corrected chi connectivity index (χ0v) is 7.05. The van der Waals surface area contributed by atoms with Gasteiger partial charge in [0.05, 0.1) is 5.01 Å². The van der Waals surface area contributed by atoms with E-state index in [1.165, 1.54) is 24.6 Å². The summed E-state index contributed by atoms with van der Waals surface area (Å²) in [7, 11) is 1.22. The highest BCUT2D eigenvalue weighted by Gasteiger charge is 2.27. The van der Waals surface area contributed by atoms with Gasteiger partial charge in [-0.3, -0.25) is 0 Å². The molecule has 11 heavy (non-hydrogen) atoms. The minimum absolute atomic E-state index is 0.289. The lowest BCUT2D eigenvalue weighted by Crippen LogP contribution is -2.25. The Morgan fingerprint density at radius 1 is 1.64 bits per heavy atom. The first-order valence-corrected chi connectivity index (χ1v) is 3.80. The Bertz CT molecular complexity index is 246. The summed E-state index contributed by atoms with van der Waals surface area (Å²) in [5.74, 6) is -2.19. The zero-order chi connectivity index (χ0) is 8.48. The summed E-state index contributed by atoms with van der Waals surface area (Å²) in [5.41, 5.74) is 0. The van der Waals surface area contributed by atoms with Crippen LogP contribution in [0.4, 0.5) is 0 Å². The Balaban J connectivity index is 2.92. The summed E-state index contributed by atoms with van der Waals surface area (Å²) in [4.78, 5) is 4.14. The number of ether oxygens (including phenoxy) is 1. The van der Waals surface area contributed by atoms with Crippen LogP contribution in [0.1, 0.15) is 9.88 Å². The molecule has 0 radical (unpaired) electrons. The highest BCUT2D eigenvalue weighted by Crippen LogP contribution is 2.23. The third kappa shape index (κ3) is 1.75. The first kappa shape index (κ1) is 8.61. The third-order valence-electron chi connectivity index (χ3n) is 1.23. The highest BCUT2D eigenvalue weighted by molar-refractivity contribution is 7.11. The van der Waals surface area contributed by atoms with E-state index in [2.05, 4.69) is 9.72 Å². The van der Waals surface area contributed by atoms with Gasteiger partial charge in [0.1, 0.15) is 4.88 Å². The Hall–Kier alpha value is -0.490. The second-order valence-corrected chi connectivity index (χ2v) is 3.29. The quantitative estimate of drug-likeness (QED) is 0.630. The number of hydrogen-bond donors (Lipinski definition) is 2. The molecule has 0 amide bonds. The van der Waals surface area contributed by atoms with Crippen molar-refractivity contribution in [1.82, 2.24) is 4.98 Å². The van der Waals surface area contributed by atoms with E-state index in [0.717, 1.165) is 5.01 Å². The van der Waals surface area contributed by atoms with Crippen LogP contribution in [0.2, 0.25) is 0 Å². The maximum atomic E-state index is 9.11. The number of nitrogens with zero attached hydrogens (tertiary/aromatic N) is 1. The molecule has 0 unspecified atom stereocenters. The maximum Gasteiger partial charge on any atom is 0.318 e. The van der Waals surface area contributed by atoms with Gasteiger partial charge in [-0.15, -0.1) is 11.3 Å². The predicted molar refractivity (Wildman–Crippen MR) is 40.0 cm³/mol. The van der Waals surface area contributed by atoms with Crippen LogP contribution >= 0.6 is 11.3 Å². The molecule has 0 atom stereocenters. The van der Waals surface area contributed by atoms with Crippen LogP contribution in [0.3, 0.4) is 0 Å². The van der Waals surface area contributed by atoms with Crippen molar-refractivity contribution in [3.63, 3.8) is 0 Å². The van der Waals surface area contributed by atoms with E-state index in [1.807, 2.05) is 0 Å². The molecule has 4 nitrogen and oxygen atoms in total. The Kier molecular flexibility index (Phi) is 2.24. The van der Waals surface area contributed by atoms with Crippen LogP contribution in [0.15, 0.2) is 6.20 Å². The van der Waals surface area contributed by atoms with E-state index in [4.69, 9.17) is 10.2 Å². The topological polar surface area (TPSA) is 62.6 Å². The lowest BCUT2D eigenvalue weighted by atomic mass is 10.5. The van der Waals surface area contributed by atoms with E-state index in [0.29, 0.717) is 0 Å². The Morgan fingerprint density at radius 2 is 2.27 bits per heavy atom. The van der Waals surface area contributed by atoms with E-state index in [-0.39, 0.29) is 4.88 Å². The largest absolute Gasteiger partial charge is 0.339 e. The fourth-order valence-electron chi connectivity index (χ4n) is 0.613. The van der Waals surface area contributed by atoms with Gasteiger partial charge in [-0.05, 0) is 6.92 Å². The van der Waals surface area contributed by atoms with Gasteiger partial charge in [0.25, 0.3) is 0 Å². The lowest BCUT2D eigenvalue weighted by Gasteiger charge is -2.15. The number of aryl methyl sites for hydroxylation is 1. The summed E-state index contributed by atoms with van der Waals surface area (Å²) in [6.07, 6.45) is 1.38. The molecule has 0 saturated carbocycles. The molecule has 1 heterocycles. The summed E-state index contributed by atoms with van der Waals surface area (Å²) < 4.78 is 4.42. The van der Waals surface area contributed by atoms with E-state index < -0.39 is 5.97 Å². The van der Waals surface area contributed by atoms with E-state index in [1.54, 1.807) is 6.92 Å². The van der Waals surface area contributed by atoms with Crippen molar-refractivity contribution in [2.24, 2.45) is 0 Å². The standard InChI is InChI=1S/C6H9NO3S/c1-4-7-3-5(11-4)6(8,9)10-2/h3,8-9H,1-2H3. The van der Waals surface area contributed by atoms with Gasteiger partial charge >= 0.3 is 5.97 Å². The van der Waals surface area contributed by atoms with Gasteiger partial charge in [-0.2, -0.15) is 0 Å². The fourth-order valence-corrected chi connectivity index (χ4v) is 1.36. The molecule has 0 aliphatic carbocycles. The number of rotatable bonds is 2. The second-order valence-electron chi connectivity index (χ2n) is 2.06. The summed E-state index contributed by atoms with van der Waals surface area (Å²) in [6, 6.07) is 0. The molecule has 0 aliphatic rings. The van der Waals surface area contributed by atoms with Crippen molar-refractivity contribution in [2.45, 2.75) is 12.9 Å². The minimum atomic E-state index is -2.19. The molecule has 0 fully saturated rings. The van der Waals surface area contributed by atoms with Crippen LogP contribution in [0, 0.1) is 6.92 Å². The monoisotopic (exact) mass is 175 g/mol. The van der Waals surface area contributed by atoms with Crippen molar-refractivity contribution in [1.29, 1.82) is 0 Å². The van der Waals surface area contributed by atoms with Crippen molar-refractivity contribution in [3.8, 4) is 0 Å². The van der Waals surface area contributed by atoms with Crippen LogP contribution in [0.25, 0.3) is 0 Å². The Morgan fingerprint density at radius 3 is 2.64 bits per heavy atom. The van der Waals surface area contributed by atoms with Crippen LogP contribution in [-0.2, 0) is 10.7 Å². The zero-order valence-electron chi connectivity index (χ0n) is 6.24. The van der Waals surface area contributed by atoms with Gasteiger partial charge in [0.2, 0.25) is 0 Å². The molecule has 0 spiro atoms. The number of hydrogen-bond acceptors (Lipinski definition) is 5. The maximum absolute atomic E-state index is 9.11. The van der Waals surface area contributed by atoms with Gasteiger partial charge in [0.15, 0.2) is 0 Å². The second kappa shape index (κ2) is 2.86. The molecule has 1 aromatic heterocycles. The van der Waals surface area contributed by atoms with Crippen molar-refractivity contribution in [3.05, 3.63) is 16.1 Å². The van der Waals surface area contributed by atoms with Gasteiger partial charge in [-0.1, -0.05) is 0 Å².